The summed E-state index contributed by atoms with van der Waals surface area (Å²) in [5.41, 5.74) is 0. The van der Waals surface area contributed by atoms with Crippen molar-refractivity contribution in [1.29, 1.82) is 0 Å². The zero-order valence-corrected chi connectivity index (χ0v) is 10.3. The highest BCUT2D eigenvalue weighted by Crippen LogP contribution is 2.31. The summed E-state index contributed by atoms with van der Waals surface area (Å²) < 4.78 is 1.10. The Morgan fingerprint density at radius 3 is 2.93 bits per heavy atom. The molecule has 1 aromatic heterocycles. The van der Waals surface area contributed by atoms with Gasteiger partial charge in [0.15, 0.2) is 0 Å². The summed E-state index contributed by atoms with van der Waals surface area (Å²) in [4.78, 5) is 1.20. The summed E-state index contributed by atoms with van der Waals surface area (Å²) in [5.74, 6) is 0.850. The lowest BCUT2D eigenvalue weighted by Crippen LogP contribution is -2.25. The SMILES string of the molecule is OCC(NCC1CC1)c1sccc1Br. The Morgan fingerprint density at radius 2 is 2.43 bits per heavy atom. The largest absolute Gasteiger partial charge is 0.394 e. The van der Waals surface area contributed by atoms with Crippen molar-refractivity contribution in [3.05, 3.63) is 20.8 Å². The van der Waals surface area contributed by atoms with Crippen molar-refractivity contribution in [2.45, 2.75) is 18.9 Å². The van der Waals surface area contributed by atoms with Crippen LogP contribution in [0.3, 0.4) is 0 Å². The fraction of sp³-hybridized carbons (Fsp3) is 0.600. The number of aliphatic hydroxyl groups is 1. The van der Waals surface area contributed by atoms with Crippen LogP contribution in [-0.2, 0) is 0 Å². The maximum absolute atomic E-state index is 9.28. The molecule has 0 aliphatic heterocycles. The zero-order valence-electron chi connectivity index (χ0n) is 7.87. The molecule has 1 fully saturated rings. The summed E-state index contributed by atoms with van der Waals surface area (Å²) in [6.45, 7) is 1.21. The Bertz CT molecular complexity index is 298. The molecule has 1 saturated carbocycles. The van der Waals surface area contributed by atoms with Crippen LogP contribution in [0.15, 0.2) is 15.9 Å². The van der Waals surface area contributed by atoms with Crippen molar-refractivity contribution in [3.8, 4) is 0 Å². The monoisotopic (exact) mass is 275 g/mol. The van der Waals surface area contributed by atoms with Crippen molar-refractivity contribution in [2.24, 2.45) is 5.92 Å². The number of halogens is 1. The molecule has 78 valence electrons. The van der Waals surface area contributed by atoms with E-state index in [1.54, 1.807) is 11.3 Å². The smallest absolute Gasteiger partial charge is 0.0661 e. The molecule has 2 nitrogen and oxygen atoms in total. The molecule has 4 heteroatoms. The van der Waals surface area contributed by atoms with Gasteiger partial charge >= 0.3 is 0 Å². The molecule has 14 heavy (non-hydrogen) atoms. The molecular formula is C10H14BrNOS. The summed E-state index contributed by atoms with van der Waals surface area (Å²) in [6, 6.07) is 2.13. The van der Waals surface area contributed by atoms with Crippen LogP contribution in [0.4, 0.5) is 0 Å². The lowest BCUT2D eigenvalue weighted by atomic mass is 10.2. The molecule has 0 saturated heterocycles. The average molecular weight is 276 g/mol. The summed E-state index contributed by atoms with van der Waals surface area (Å²) in [7, 11) is 0. The summed E-state index contributed by atoms with van der Waals surface area (Å²) in [5, 5.41) is 14.7. The Balaban J connectivity index is 1.93. The molecule has 1 aliphatic rings. The first kappa shape index (κ1) is 10.6. The molecule has 1 atom stereocenters. The van der Waals surface area contributed by atoms with Gasteiger partial charge in [-0.15, -0.1) is 11.3 Å². The third-order valence-corrected chi connectivity index (χ3v) is 4.48. The number of hydrogen-bond acceptors (Lipinski definition) is 3. The number of hydrogen-bond donors (Lipinski definition) is 2. The Kier molecular flexibility index (Phi) is 3.60. The van der Waals surface area contributed by atoms with Gasteiger partial charge in [0, 0.05) is 9.35 Å². The molecule has 1 aromatic rings. The van der Waals surface area contributed by atoms with E-state index < -0.39 is 0 Å². The highest BCUT2D eigenvalue weighted by atomic mass is 79.9. The number of aliphatic hydroxyl groups excluding tert-OH is 1. The first-order valence-electron chi connectivity index (χ1n) is 4.88. The maximum atomic E-state index is 9.28. The Morgan fingerprint density at radius 1 is 1.64 bits per heavy atom. The van der Waals surface area contributed by atoms with E-state index in [0.29, 0.717) is 0 Å². The van der Waals surface area contributed by atoms with Crippen LogP contribution in [0.5, 0.6) is 0 Å². The molecule has 0 amide bonds. The minimum atomic E-state index is 0.102. The Hall–Kier alpha value is 0.100. The molecule has 0 bridgehead atoms. The standard InChI is InChI=1S/C10H14BrNOS/c11-8-3-4-14-10(8)9(6-13)12-5-7-1-2-7/h3-4,7,9,12-13H,1-2,5-6H2. The van der Waals surface area contributed by atoms with Crippen molar-refractivity contribution in [3.63, 3.8) is 0 Å². The van der Waals surface area contributed by atoms with Gasteiger partial charge in [-0.05, 0) is 52.7 Å². The van der Waals surface area contributed by atoms with Crippen molar-refractivity contribution < 1.29 is 5.11 Å². The van der Waals surface area contributed by atoms with Crippen LogP contribution >= 0.6 is 27.3 Å². The predicted molar refractivity (Wildman–Crippen MR) is 62.6 cm³/mol. The van der Waals surface area contributed by atoms with Gasteiger partial charge in [-0.2, -0.15) is 0 Å². The molecule has 1 aliphatic carbocycles. The van der Waals surface area contributed by atoms with E-state index >= 15 is 0 Å². The van der Waals surface area contributed by atoms with Crippen LogP contribution in [0.25, 0.3) is 0 Å². The first-order chi connectivity index (χ1) is 6.81. The second kappa shape index (κ2) is 4.75. The van der Waals surface area contributed by atoms with Gasteiger partial charge in [0.25, 0.3) is 0 Å². The zero-order chi connectivity index (χ0) is 9.97. The minimum Gasteiger partial charge on any atom is -0.394 e. The van der Waals surface area contributed by atoms with Crippen LogP contribution in [-0.4, -0.2) is 18.3 Å². The average Bonchev–Trinajstić information content (AvgIpc) is 2.92. The number of rotatable bonds is 5. The van der Waals surface area contributed by atoms with Crippen molar-refractivity contribution in [2.75, 3.05) is 13.2 Å². The molecule has 0 spiro atoms. The maximum Gasteiger partial charge on any atom is 0.0661 e. The van der Waals surface area contributed by atoms with Crippen molar-refractivity contribution >= 4 is 27.3 Å². The predicted octanol–water partition coefficient (Wildman–Crippen LogP) is 2.54. The lowest BCUT2D eigenvalue weighted by Gasteiger charge is -2.15. The molecule has 0 radical (unpaired) electrons. The van der Waals surface area contributed by atoms with E-state index in [9.17, 15) is 5.11 Å². The molecular weight excluding hydrogens is 262 g/mol. The third-order valence-electron chi connectivity index (χ3n) is 2.49. The molecule has 0 aromatic carbocycles. The highest BCUT2D eigenvalue weighted by molar-refractivity contribution is 9.10. The number of nitrogens with one attached hydrogen (secondary N) is 1. The fourth-order valence-electron chi connectivity index (χ4n) is 1.43. The van der Waals surface area contributed by atoms with Crippen LogP contribution < -0.4 is 5.32 Å². The van der Waals surface area contributed by atoms with Crippen LogP contribution in [0.1, 0.15) is 23.8 Å². The highest BCUT2D eigenvalue weighted by Gasteiger charge is 2.23. The molecule has 2 rings (SSSR count). The summed E-state index contributed by atoms with van der Waals surface area (Å²) in [6.07, 6.45) is 2.69. The van der Waals surface area contributed by atoms with E-state index in [-0.39, 0.29) is 12.6 Å². The third kappa shape index (κ3) is 2.57. The first-order valence-corrected chi connectivity index (χ1v) is 6.55. The Labute approximate surface area is 96.5 Å². The second-order valence-electron chi connectivity index (χ2n) is 3.72. The topological polar surface area (TPSA) is 32.3 Å². The van der Waals surface area contributed by atoms with Gasteiger partial charge in [0.1, 0.15) is 0 Å². The van der Waals surface area contributed by atoms with E-state index in [1.807, 2.05) is 11.4 Å². The van der Waals surface area contributed by atoms with E-state index in [2.05, 4.69) is 21.2 Å². The molecule has 1 heterocycles. The van der Waals surface area contributed by atoms with Crippen LogP contribution in [0.2, 0.25) is 0 Å². The normalized spacial score (nSPS) is 18.4. The van der Waals surface area contributed by atoms with Crippen LogP contribution in [0, 0.1) is 5.92 Å². The lowest BCUT2D eigenvalue weighted by molar-refractivity contribution is 0.245. The van der Waals surface area contributed by atoms with Crippen molar-refractivity contribution in [1.82, 2.24) is 5.32 Å². The minimum absolute atomic E-state index is 0.102. The van der Waals surface area contributed by atoms with Gasteiger partial charge in [-0.1, -0.05) is 0 Å². The van der Waals surface area contributed by atoms with E-state index in [1.165, 1.54) is 17.7 Å². The molecule has 2 N–H and O–H groups in total. The second-order valence-corrected chi connectivity index (χ2v) is 5.52. The van der Waals surface area contributed by atoms with Gasteiger partial charge in [-0.25, -0.2) is 0 Å². The van der Waals surface area contributed by atoms with Gasteiger partial charge < -0.3 is 10.4 Å². The van der Waals surface area contributed by atoms with E-state index in [4.69, 9.17) is 0 Å². The number of thiophene rings is 1. The quantitative estimate of drug-likeness (QED) is 0.866. The summed E-state index contributed by atoms with van der Waals surface area (Å²) >= 11 is 5.17. The van der Waals surface area contributed by atoms with Gasteiger partial charge in [0.05, 0.1) is 12.6 Å². The molecule has 1 unspecified atom stereocenters. The van der Waals surface area contributed by atoms with Gasteiger partial charge in [-0.3, -0.25) is 0 Å². The van der Waals surface area contributed by atoms with E-state index in [0.717, 1.165) is 16.9 Å². The fourth-order valence-corrected chi connectivity index (χ4v) is 3.14. The van der Waals surface area contributed by atoms with Gasteiger partial charge in [0.2, 0.25) is 0 Å².